The molecule has 0 unspecified atom stereocenters. The van der Waals surface area contributed by atoms with Crippen LogP contribution in [0.25, 0.3) is 0 Å². The molecule has 1 saturated heterocycles. The molecule has 1 aliphatic rings. The summed E-state index contributed by atoms with van der Waals surface area (Å²) in [7, 11) is -2.25. The fourth-order valence-corrected chi connectivity index (χ4v) is 5.22. The molecule has 1 aliphatic heterocycles. The molecule has 2 aromatic rings. The van der Waals surface area contributed by atoms with Gasteiger partial charge in [0.2, 0.25) is 0 Å². The molecule has 0 aromatic heterocycles. The molecule has 0 amide bonds. The zero-order valence-electron chi connectivity index (χ0n) is 18.0. The van der Waals surface area contributed by atoms with Crippen LogP contribution in [-0.2, 0) is 10.0 Å². The van der Waals surface area contributed by atoms with Crippen LogP contribution in [0.1, 0.15) is 25.3 Å². The summed E-state index contributed by atoms with van der Waals surface area (Å²) in [6, 6.07) is 13.7. The van der Waals surface area contributed by atoms with E-state index in [2.05, 4.69) is 11.8 Å². The molecule has 1 N–H and O–H groups in total. The van der Waals surface area contributed by atoms with E-state index in [1.54, 1.807) is 55.6 Å². The normalized spacial score (nSPS) is 16.9. The molecule has 3 rings (SSSR count). The first kappa shape index (κ1) is 22.6. The molecule has 1 heterocycles. The van der Waals surface area contributed by atoms with Crippen molar-refractivity contribution in [3.63, 3.8) is 0 Å². The fourth-order valence-electron chi connectivity index (χ4n) is 3.72. The van der Waals surface area contributed by atoms with Crippen LogP contribution >= 0.6 is 0 Å². The Kier molecular flexibility index (Phi) is 7.39. The first-order valence-electron chi connectivity index (χ1n) is 10.4. The number of hydrogen-bond acceptors (Lipinski definition) is 5. The molecule has 2 aromatic carbocycles. The molecule has 1 atom stereocenters. The number of aliphatic hydroxyl groups is 1. The molecular formula is C23H32N2O4S. The third kappa shape index (κ3) is 5.53. The van der Waals surface area contributed by atoms with Crippen LogP contribution in [-0.4, -0.2) is 57.8 Å². The first-order valence-corrected chi connectivity index (χ1v) is 11.9. The van der Waals surface area contributed by atoms with E-state index in [1.165, 1.54) is 4.31 Å². The van der Waals surface area contributed by atoms with Crippen LogP contribution in [0.3, 0.4) is 0 Å². The largest absolute Gasteiger partial charge is 0.497 e. The van der Waals surface area contributed by atoms with Gasteiger partial charge in [-0.05, 0) is 75.2 Å². The number of β-amino-alcohol motifs (C(OH)–C–C–N with tert-alkyl or cyclic N) is 1. The number of sulfonamides is 1. The van der Waals surface area contributed by atoms with Gasteiger partial charge >= 0.3 is 0 Å². The average molecular weight is 433 g/mol. The van der Waals surface area contributed by atoms with Crippen molar-refractivity contribution in [3.05, 3.63) is 54.1 Å². The number of aliphatic hydroxyl groups excluding tert-OH is 1. The van der Waals surface area contributed by atoms with Gasteiger partial charge in [-0.25, -0.2) is 8.42 Å². The van der Waals surface area contributed by atoms with Crippen molar-refractivity contribution >= 4 is 15.7 Å². The quantitative estimate of drug-likeness (QED) is 0.693. The van der Waals surface area contributed by atoms with Gasteiger partial charge in [-0.1, -0.05) is 24.6 Å². The van der Waals surface area contributed by atoms with Crippen molar-refractivity contribution in [1.29, 1.82) is 0 Å². The summed E-state index contributed by atoms with van der Waals surface area (Å²) in [5.41, 5.74) is 1.49. The summed E-state index contributed by atoms with van der Waals surface area (Å²) in [5, 5.41) is 10.8. The molecule has 1 fully saturated rings. The molecule has 6 nitrogen and oxygen atoms in total. The number of likely N-dealkylation sites (tertiary alicyclic amines) is 1. The zero-order chi connectivity index (χ0) is 21.7. The van der Waals surface area contributed by atoms with E-state index < -0.39 is 16.1 Å². The van der Waals surface area contributed by atoms with Gasteiger partial charge in [-0.3, -0.25) is 4.31 Å². The fraction of sp³-hybridized carbons (Fsp3) is 0.478. The monoisotopic (exact) mass is 432 g/mol. The van der Waals surface area contributed by atoms with Crippen molar-refractivity contribution in [3.8, 4) is 5.75 Å². The highest BCUT2D eigenvalue weighted by Crippen LogP contribution is 2.27. The van der Waals surface area contributed by atoms with Crippen LogP contribution in [0.2, 0.25) is 0 Å². The van der Waals surface area contributed by atoms with Gasteiger partial charge in [-0.15, -0.1) is 0 Å². The second-order valence-electron chi connectivity index (χ2n) is 8.18. The highest BCUT2D eigenvalue weighted by atomic mass is 32.2. The SMILES string of the molecule is COc1ccc(N(C[C@@H](O)CN2CCC(C)CC2)S(=O)(=O)c2ccc(C)cc2)cc1. The summed E-state index contributed by atoms with van der Waals surface area (Å²) in [6.45, 7) is 6.49. The number of anilines is 1. The molecule has 0 bridgehead atoms. The van der Waals surface area contributed by atoms with E-state index in [9.17, 15) is 13.5 Å². The Morgan fingerprint density at radius 1 is 1.10 bits per heavy atom. The number of aryl methyl sites for hydroxylation is 1. The van der Waals surface area contributed by atoms with Crippen molar-refractivity contribution in [2.75, 3.05) is 37.6 Å². The van der Waals surface area contributed by atoms with E-state index in [0.29, 0.717) is 23.9 Å². The minimum absolute atomic E-state index is 0.00536. The average Bonchev–Trinajstić information content (AvgIpc) is 2.74. The molecule has 0 aliphatic carbocycles. The Bertz CT molecular complexity index is 905. The van der Waals surface area contributed by atoms with Crippen LogP contribution in [0.4, 0.5) is 5.69 Å². The lowest BCUT2D eigenvalue weighted by molar-refractivity contribution is 0.0971. The van der Waals surface area contributed by atoms with Gasteiger partial charge in [0.15, 0.2) is 0 Å². The van der Waals surface area contributed by atoms with Gasteiger partial charge in [0.1, 0.15) is 5.75 Å². The summed E-state index contributed by atoms with van der Waals surface area (Å²) >= 11 is 0. The van der Waals surface area contributed by atoms with Gasteiger partial charge in [-0.2, -0.15) is 0 Å². The number of hydrogen-bond donors (Lipinski definition) is 1. The number of ether oxygens (including phenoxy) is 1. The van der Waals surface area contributed by atoms with Crippen LogP contribution in [0.15, 0.2) is 53.4 Å². The topological polar surface area (TPSA) is 70.1 Å². The van der Waals surface area contributed by atoms with Crippen molar-refractivity contribution in [1.82, 2.24) is 4.90 Å². The van der Waals surface area contributed by atoms with Gasteiger partial charge in [0.25, 0.3) is 10.0 Å². The summed E-state index contributed by atoms with van der Waals surface area (Å²) in [4.78, 5) is 2.43. The lowest BCUT2D eigenvalue weighted by Crippen LogP contribution is -2.44. The molecule has 164 valence electrons. The van der Waals surface area contributed by atoms with E-state index >= 15 is 0 Å². The Labute approximate surface area is 180 Å². The standard InChI is InChI=1S/C23H32N2O4S/c1-18-4-10-23(11-5-18)30(27,28)25(20-6-8-22(29-3)9-7-20)17-21(26)16-24-14-12-19(2)13-15-24/h4-11,19,21,26H,12-17H2,1-3H3/t21-/m0/s1. The number of benzene rings is 2. The maximum Gasteiger partial charge on any atom is 0.264 e. The van der Waals surface area contributed by atoms with Crippen LogP contribution < -0.4 is 9.04 Å². The maximum absolute atomic E-state index is 13.4. The molecular weight excluding hydrogens is 400 g/mol. The molecule has 0 saturated carbocycles. The second kappa shape index (κ2) is 9.81. The van der Waals surface area contributed by atoms with E-state index in [1.807, 2.05) is 6.92 Å². The highest BCUT2D eigenvalue weighted by molar-refractivity contribution is 7.92. The number of methoxy groups -OCH3 is 1. The Hall–Kier alpha value is -2.09. The van der Waals surface area contributed by atoms with Gasteiger partial charge in [0.05, 0.1) is 30.3 Å². The van der Waals surface area contributed by atoms with Crippen LogP contribution in [0, 0.1) is 12.8 Å². The minimum Gasteiger partial charge on any atom is -0.497 e. The molecule has 30 heavy (non-hydrogen) atoms. The predicted molar refractivity (Wildman–Crippen MR) is 120 cm³/mol. The molecule has 7 heteroatoms. The van der Waals surface area contributed by atoms with Crippen LogP contribution in [0.5, 0.6) is 5.75 Å². The van der Waals surface area contributed by atoms with E-state index in [4.69, 9.17) is 4.74 Å². The molecule has 0 radical (unpaired) electrons. The number of piperidine rings is 1. The second-order valence-corrected chi connectivity index (χ2v) is 10.0. The summed E-state index contributed by atoms with van der Waals surface area (Å²) < 4.78 is 33.4. The summed E-state index contributed by atoms with van der Waals surface area (Å²) in [5.74, 6) is 1.35. The smallest absolute Gasteiger partial charge is 0.264 e. The van der Waals surface area contributed by atoms with Gasteiger partial charge < -0.3 is 14.7 Å². The number of nitrogens with zero attached hydrogens (tertiary/aromatic N) is 2. The van der Waals surface area contributed by atoms with Crippen molar-refractivity contribution < 1.29 is 18.3 Å². The van der Waals surface area contributed by atoms with Crippen molar-refractivity contribution in [2.24, 2.45) is 5.92 Å². The Balaban J connectivity index is 1.84. The maximum atomic E-state index is 13.4. The minimum atomic E-state index is -3.82. The summed E-state index contributed by atoms with van der Waals surface area (Å²) in [6.07, 6.45) is 1.42. The third-order valence-electron chi connectivity index (χ3n) is 5.69. The molecule has 0 spiro atoms. The van der Waals surface area contributed by atoms with Gasteiger partial charge in [0, 0.05) is 6.54 Å². The highest BCUT2D eigenvalue weighted by Gasteiger charge is 2.28. The lowest BCUT2D eigenvalue weighted by atomic mass is 9.99. The van der Waals surface area contributed by atoms with E-state index in [-0.39, 0.29) is 11.4 Å². The lowest BCUT2D eigenvalue weighted by Gasteiger charge is -2.33. The first-order chi connectivity index (χ1) is 14.3. The van der Waals surface area contributed by atoms with Crippen molar-refractivity contribution in [2.45, 2.75) is 37.7 Å². The predicted octanol–water partition coefficient (Wildman–Crippen LogP) is 3.29. The third-order valence-corrected chi connectivity index (χ3v) is 7.50. The Morgan fingerprint density at radius 3 is 2.27 bits per heavy atom. The van der Waals surface area contributed by atoms with E-state index in [0.717, 1.165) is 31.5 Å². The zero-order valence-corrected chi connectivity index (χ0v) is 18.8. The number of rotatable bonds is 8. The Morgan fingerprint density at radius 2 is 1.70 bits per heavy atom.